The first-order valence-corrected chi connectivity index (χ1v) is 5.86. The Hall–Kier alpha value is -2.44. The maximum Gasteiger partial charge on any atom is 0.311 e. The SMILES string of the molecule is O=C(O)C(Cc1cccnc1)c1c(F)c(F)cc(F)c1F. The van der Waals surface area contributed by atoms with Gasteiger partial charge in [0.15, 0.2) is 23.3 Å². The van der Waals surface area contributed by atoms with E-state index in [0.29, 0.717) is 5.56 Å². The lowest BCUT2D eigenvalue weighted by atomic mass is 9.91. The van der Waals surface area contributed by atoms with Gasteiger partial charge >= 0.3 is 5.97 Å². The van der Waals surface area contributed by atoms with E-state index in [1.807, 2.05) is 0 Å². The number of aliphatic carboxylic acids is 1. The topological polar surface area (TPSA) is 50.2 Å². The molecule has 1 unspecified atom stereocenters. The van der Waals surface area contributed by atoms with Crippen molar-refractivity contribution < 1.29 is 27.5 Å². The molecule has 3 nitrogen and oxygen atoms in total. The monoisotopic (exact) mass is 299 g/mol. The number of aromatic nitrogens is 1. The molecule has 0 bridgehead atoms. The molecule has 7 heteroatoms. The largest absolute Gasteiger partial charge is 0.481 e. The van der Waals surface area contributed by atoms with Crippen LogP contribution >= 0.6 is 0 Å². The van der Waals surface area contributed by atoms with E-state index in [4.69, 9.17) is 5.11 Å². The molecule has 1 aromatic heterocycles. The summed E-state index contributed by atoms with van der Waals surface area (Å²) in [5.74, 6) is -10.0. The van der Waals surface area contributed by atoms with Crippen molar-refractivity contribution >= 4 is 5.97 Å². The third-order valence-electron chi connectivity index (χ3n) is 2.95. The first-order chi connectivity index (χ1) is 9.91. The third kappa shape index (κ3) is 3.01. The zero-order valence-electron chi connectivity index (χ0n) is 10.5. The minimum absolute atomic E-state index is 0.0388. The maximum absolute atomic E-state index is 13.7. The molecule has 1 atom stereocenters. The number of rotatable bonds is 4. The Labute approximate surface area is 116 Å². The summed E-state index contributed by atoms with van der Waals surface area (Å²) < 4.78 is 53.8. The summed E-state index contributed by atoms with van der Waals surface area (Å²) in [7, 11) is 0. The summed E-state index contributed by atoms with van der Waals surface area (Å²) in [6.45, 7) is 0. The van der Waals surface area contributed by atoms with Gasteiger partial charge in [0.05, 0.1) is 5.92 Å². The standard InChI is InChI=1S/C14H9F4NO2/c15-9-5-10(16)13(18)11(12(9)17)8(14(20)21)4-7-2-1-3-19-6-7/h1-3,5-6,8H,4H2,(H,20,21). The van der Waals surface area contributed by atoms with E-state index in [2.05, 4.69) is 4.98 Å². The van der Waals surface area contributed by atoms with Gasteiger partial charge in [-0.3, -0.25) is 9.78 Å². The van der Waals surface area contributed by atoms with Crippen LogP contribution < -0.4 is 0 Å². The first kappa shape index (κ1) is 15.0. The predicted molar refractivity (Wildman–Crippen MR) is 64.6 cm³/mol. The van der Waals surface area contributed by atoms with Crippen molar-refractivity contribution in [3.63, 3.8) is 0 Å². The van der Waals surface area contributed by atoms with Gasteiger partial charge in [-0.1, -0.05) is 6.07 Å². The first-order valence-electron chi connectivity index (χ1n) is 5.86. The van der Waals surface area contributed by atoms with Gasteiger partial charge in [-0.15, -0.1) is 0 Å². The van der Waals surface area contributed by atoms with E-state index in [-0.39, 0.29) is 12.5 Å². The maximum atomic E-state index is 13.7. The van der Waals surface area contributed by atoms with E-state index in [1.165, 1.54) is 24.5 Å². The zero-order valence-corrected chi connectivity index (χ0v) is 10.5. The normalized spacial score (nSPS) is 12.2. The van der Waals surface area contributed by atoms with Crippen molar-refractivity contribution in [1.82, 2.24) is 4.98 Å². The van der Waals surface area contributed by atoms with E-state index in [9.17, 15) is 22.4 Å². The van der Waals surface area contributed by atoms with Crippen LogP contribution in [0.25, 0.3) is 0 Å². The van der Waals surface area contributed by atoms with Crippen LogP contribution in [0.15, 0.2) is 30.6 Å². The number of nitrogens with zero attached hydrogens (tertiary/aromatic N) is 1. The molecule has 0 aliphatic rings. The predicted octanol–water partition coefficient (Wildman–Crippen LogP) is 3.05. The lowest BCUT2D eigenvalue weighted by molar-refractivity contribution is -0.138. The summed E-state index contributed by atoms with van der Waals surface area (Å²) in [4.78, 5) is 15.0. The summed E-state index contributed by atoms with van der Waals surface area (Å²) in [6.07, 6.45) is 2.39. The third-order valence-corrected chi connectivity index (χ3v) is 2.95. The fourth-order valence-electron chi connectivity index (χ4n) is 1.96. The Morgan fingerprint density at radius 3 is 2.29 bits per heavy atom. The second-order valence-electron chi connectivity index (χ2n) is 4.34. The van der Waals surface area contributed by atoms with Gasteiger partial charge in [-0.05, 0) is 18.1 Å². The second-order valence-corrected chi connectivity index (χ2v) is 4.34. The lowest BCUT2D eigenvalue weighted by Crippen LogP contribution is -2.19. The van der Waals surface area contributed by atoms with Crippen LogP contribution in [-0.2, 0) is 11.2 Å². The lowest BCUT2D eigenvalue weighted by Gasteiger charge is -2.15. The van der Waals surface area contributed by atoms with Crippen molar-refractivity contribution in [2.24, 2.45) is 0 Å². The Bertz CT molecular complexity index is 650. The molecule has 0 aliphatic heterocycles. The van der Waals surface area contributed by atoms with Crippen molar-refractivity contribution in [1.29, 1.82) is 0 Å². The molecule has 2 aromatic rings. The number of hydrogen-bond acceptors (Lipinski definition) is 2. The summed E-state index contributed by atoms with van der Waals surface area (Å²) in [6, 6.07) is 3.04. The highest BCUT2D eigenvalue weighted by molar-refractivity contribution is 5.76. The number of carboxylic acids is 1. The quantitative estimate of drug-likeness (QED) is 0.697. The smallest absolute Gasteiger partial charge is 0.311 e. The Kier molecular flexibility index (Phi) is 4.21. The van der Waals surface area contributed by atoms with Gasteiger partial charge in [0, 0.05) is 24.0 Å². The van der Waals surface area contributed by atoms with Gasteiger partial charge in [0.25, 0.3) is 0 Å². The van der Waals surface area contributed by atoms with Crippen molar-refractivity contribution in [2.75, 3.05) is 0 Å². The molecule has 0 radical (unpaired) electrons. The highest BCUT2D eigenvalue weighted by atomic mass is 19.2. The van der Waals surface area contributed by atoms with Crippen molar-refractivity contribution in [3.8, 4) is 0 Å². The molecule has 0 spiro atoms. The number of benzene rings is 1. The average Bonchev–Trinajstić information content (AvgIpc) is 2.45. The average molecular weight is 299 g/mol. The van der Waals surface area contributed by atoms with Crippen LogP contribution in [0.5, 0.6) is 0 Å². The highest BCUT2D eigenvalue weighted by Gasteiger charge is 2.31. The molecule has 1 heterocycles. The molecular weight excluding hydrogens is 290 g/mol. The Morgan fingerprint density at radius 1 is 1.19 bits per heavy atom. The minimum atomic E-state index is -1.76. The number of pyridine rings is 1. The number of carboxylic acid groups (broad SMARTS) is 1. The van der Waals surface area contributed by atoms with Gasteiger partial charge in [-0.2, -0.15) is 0 Å². The number of hydrogen-bond donors (Lipinski definition) is 1. The molecule has 21 heavy (non-hydrogen) atoms. The molecule has 0 saturated heterocycles. The fourth-order valence-corrected chi connectivity index (χ4v) is 1.96. The van der Waals surface area contributed by atoms with E-state index in [1.54, 1.807) is 0 Å². The molecule has 0 saturated carbocycles. The van der Waals surface area contributed by atoms with Crippen LogP contribution in [-0.4, -0.2) is 16.1 Å². The van der Waals surface area contributed by atoms with Crippen LogP contribution in [0.1, 0.15) is 17.0 Å². The summed E-state index contributed by atoms with van der Waals surface area (Å²) in [5, 5.41) is 9.12. The van der Waals surface area contributed by atoms with Gasteiger partial charge in [0.2, 0.25) is 0 Å². The van der Waals surface area contributed by atoms with Crippen molar-refractivity contribution in [3.05, 3.63) is 65.0 Å². The molecule has 1 aromatic carbocycles. The van der Waals surface area contributed by atoms with Gasteiger partial charge in [0.1, 0.15) is 0 Å². The zero-order chi connectivity index (χ0) is 15.6. The fraction of sp³-hybridized carbons (Fsp3) is 0.143. The molecule has 110 valence electrons. The summed E-state index contributed by atoms with van der Waals surface area (Å²) in [5.41, 5.74) is -0.766. The molecule has 0 amide bonds. The number of halogens is 4. The molecule has 0 fully saturated rings. The Morgan fingerprint density at radius 2 is 1.81 bits per heavy atom. The van der Waals surface area contributed by atoms with E-state index < -0.39 is 40.7 Å². The highest BCUT2D eigenvalue weighted by Crippen LogP contribution is 2.29. The Balaban J connectivity index is 2.52. The summed E-state index contributed by atoms with van der Waals surface area (Å²) >= 11 is 0. The van der Waals surface area contributed by atoms with Crippen LogP contribution in [0, 0.1) is 23.3 Å². The van der Waals surface area contributed by atoms with Crippen LogP contribution in [0.4, 0.5) is 17.6 Å². The van der Waals surface area contributed by atoms with Gasteiger partial charge < -0.3 is 5.11 Å². The van der Waals surface area contributed by atoms with Gasteiger partial charge in [-0.25, -0.2) is 17.6 Å². The molecule has 1 N–H and O–H groups in total. The molecular formula is C14H9F4NO2. The van der Waals surface area contributed by atoms with Crippen LogP contribution in [0.3, 0.4) is 0 Å². The van der Waals surface area contributed by atoms with Crippen molar-refractivity contribution in [2.45, 2.75) is 12.3 Å². The number of carbonyl (C=O) groups is 1. The van der Waals surface area contributed by atoms with E-state index in [0.717, 1.165) is 0 Å². The minimum Gasteiger partial charge on any atom is -0.481 e. The molecule has 2 rings (SSSR count). The second kappa shape index (κ2) is 5.90. The van der Waals surface area contributed by atoms with E-state index >= 15 is 0 Å². The van der Waals surface area contributed by atoms with Crippen LogP contribution in [0.2, 0.25) is 0 Å². The molecule has 0 aliphatic carbocycles.